The summed E-state index contributed by atoms with van der Waals surface area (Å²) in [5.41, 5.74) is 5.85. The summed E-state index contributed by atoms with van der Waals surface area (Å²) in [6.45, 7) is 7.24. The standard InChI is InChI=1S/C19H20FN3.Na.H/c1-11-12(2)22-18-16(11)6-8-21-19(18)23-9-7-14-10-15(20)4-5-17(14)13(23)3;;/h4-6,8,10,13,22H,7,9H2,1-3H3;;. The van der Waals surface area contributed by atoms with E-state index >= 15 is 0 Å². The molecule has 2 aromatic heterocycles. The fraction of sp³-hybridized carbons (Fsp3) is 0.316. The molecule has 0 saturated carbocycles. The Labute approximate surface area is 163 Å². The maximum atomic E-state index is 13.5. The zero-order chi connectivity index (χ0) is 16.1. The fourth-order valence-corrected chi connectivity index (χ4v) is 3.68. The average Bonchev–Trinajstić information content (AvgIpc) is 2.83. The van der Waals surface area contributed by atoms with Crippen molar-refractivity contribution in [3.8, 4) is 0 Å². The third kappa shape index (κ3) is 2.67. The number of fused-ring (bicyclic) bond motifs is 2. The third-order valence-corrected chi connectivity index (χ3v) is 5.13. The molecule has 5 heteroatoms. The number of hydrogen-bond donors (Lipinski definition) is 1. The predicted octanol–water partition coefficient (Wildman–Crippen LogP) is 3.79. The van der Waals surface area contributed by atoms with Crippen LogP contribution in [0.3, 0.4) is 0 Å². The molecule has 3 aromatic rings. The number of aromatic nitrogens is 2. The maximum absolute atomic E-state index is 13.5. The van der Waals surface area contributed by atoms with Crippen molar-refractivity contribution < 1.29 is 4.39 Å². The Morgan fingerprint density at radius 3 is 2.83 bits per heavy atom. The van der Waals surface area contributed by atoms with Gasteiger partial charge in [0.05, 0.1) is 11.6 Å². The molecule has 0 amide bonds. The first-order chi connectivity index (χ1) is 11.1. The van der Waals surface area contributed by atoms with E-state index < -0.39 is 0 Å². The van der Waals surface area contributed by atoms with E-state index in [4.69, 9.17) is 0 Å². The predicted molar refractivity (Wildman–Crippen MR) is 98.6 cm³/mol. The minimum atomic E-state index is -0.153. The number of aromatic amines is 1. The fourth-order valence-electron chi connectivity index (χ4n) is 3.68. The van der Waals surface area contributed by atoms with Crippen molar-refractivity contribution in [2.45, 2.75) is 33.2 Å². The number of nitrogens with zero attached hydrogens (tertiary/aromatic N) is 2. The van der Waals surface area contributed by atoms with Crippen LogP contribution in [-0.4, -0.2) is 46.1 Å². The van der Waals surface area contributed by atoms with Crippen LogP contribution in [0.15, 0.2) is 30.5 Å². The third-order valence-electron chi connectivity index (χ3n) is 5.13. The monoisotopic (exact) mass is 333 g/mol. The molecule has 24 heavy (non-hydrogen) atoms. The molecule has 1 atom stereocenters. The Kier molecular flexibility index (Phi) is 4.73. The molecule has 1 aliphatic rings. The summed E-state index contributed by atoms with van der Waals surface area (Å²) < 4.78 is 13.5. The number of halogens is 1. The van der Waals surface area contributed by atoms with E-state index in [-0.39, 0.29) is 41.4 Å². The van der Waals surface area contributed by atoms with Gasteiger partial charge < -0.3 is 9.88 Å². The summed E-state index contributed by atoms with van der Waals surface area (Å²) >= 11 is 0. The Balaban J connectivity index is 0.00000169. The number of anilines is 1. The summed E-state index contributed by atoms with van der Waals surface area (Å²) in [7, 11) is 0. The molecule has 0 bridgehead atoms. The van der Waals surface area contributed by atoms with Crippen LogP contribution in [0.1, 0.15) is 35.3 Å². The average molecular weight is 333 g/mol. The molecule has 0 radical (unpaired) electrons. The van der Waals surface area contributed by atoms with Gasteiger partial charge in [-0.2, -0.15) is 0 Å². The SMILES string of the molecule is Cc1[nH]c2c(N3CCc4cc(F)ccc4C3C)nccc2c1C.[NaH]. The van der Waals surface area contributed by atoms with Crippen molar-refractivity contribution in [1.82, 2.24) is 9.97 Å². The van der Waals surface area contributed by atoms with Crippen LogP contribution in [0.4, 0.5) is 10.2 Å². The Bertz CT molecular complexity index is 903. The van der Waals surface area contributed by atoms with Gasteiger partial charge in [-0.05, 0) is 62.1 Å². The summed E-state index contributed by atoms with van der Waals surface area (Å²) in [4.78, 5) is 10.4. The normalized spacial score (nSPS) is 16.8. The second-order valence-electron chi connectivity index (χ2n) is 6.39. The summed E-state index contributed by atoms with van der Waals surface area (Å²) in [5.74, 6) is 0.835. The summed E-state index contributed by atoms with van der Waals surface area (Å²) in [5, 5.41) is 1.23. The molecular weight excluding hydrogens is 312 g/mol. The van der Waals surface area contributed by atoms with Gasteiger partial charge in [0.1, 0.15) is 5.82 Å². The van der Waals surface area contributed by atoms with E-state index in [0.29, 0.717) is 0 Å². The van der Waals surface area contributed by atoms with E-state index in [2.05, 4.69) is 41.7 Å². The van der Waals surface area contributed by atoms with Gasteiger partial charge in [0, 0.05) is 23.8 Å². The second-order valence-corrected chi connectivity index (χ2v) is 6.39. The number of nitrogens with one attached hydrogen (secondary N) is 1. The molecule has 3 nitrogen and oxygen atoms in total. The molecule has 1 N–H and O–H groups in total. The topological polar surface area (TPSA) is 31.9 Å². The molecule has 0 aliphatic carbocycles. The van der Waals surface area contributed by atoms with Crippen molar-refractivity contribution in [3.63, 3.8) is 0 Å². The quantitative estimate of drug-likeness (QED) is 0.687. The van der Waals surface area contributed by atoms with Crippen LogP contribution in [0.25, 0.3) is 10.9 Å². The van der Waals surface area contributed by atoms with Crippen LogP contribution < -0.4 is 4.90 Å². The van der Waals surface area contributed by atoms with Gasteiger partial charge in [-0.25, -0.2) is 9.37 Å². The van der Waals surface area contributed by atoms with Gasteiger partial charge in [-0.3, -0.25) is 0 Å². The van der Waals surface area contributed by atoms with Gasteiger partial charge in [-0.1, -0.05) is 6.07 Å². The molecule has 120 valence electrons. The molecule has 4 rings (SSSR count). The van der Waals surface area contributed by atoms with Crippen LogP contribution >= 0.6 is 0 Å². The van der Waals surface area contributed by atoms with Crippen LogP contribution in [-0.2, 0) is 6.42 Å². The Hall–Kier alpha value is -1.36. The van der Waals surface area contributed by atoms with Gasteiger partial charge in [0.25, 0.3) is 0 Å². The van der Waals surface area contributed by atoms with Gasteiger partial charge >= 0.3 is 29.6 Å². The Morgan fingerprint density at radius 2 is 2.04 bits per heavy atom. The van der Waals surface area contributed by atoms with Crippen molar-refractivity contribution in [1.29, 1.82) is 0 Å². The van der Waals surface area contributed by atoms with E-state index in [1.54, 1.807) is 12.1 Å². The van der Waals surface area contributed by atoms with Gasteiger partial charge in [-0.15, -0.1) is 0 Å². The molecule has 3 heterocycles. The zero-order valence-corrected chi connectivity index (χ0v) is 13.7. The molecular formula is C19H21FN3Na. The van der Waals surface area contributed by atoms with Crippen LogP contribution in [0, 0.1) is 19.7 Å². The number of aryl methyl sites for hydroxylation is 2. The first-order valence-electron chi connectivity index (χ1n) is 8.05. The van der Waals surface area contributed by atoms with Crippen LogP contribution in [0.5, 0.6) is 0 Å². The summed E-state index contributed by atoms with van der Waals surface area (Å²) in [6.07, 6.45) is 2.72. The van der Waals surface area contributed by atoms with E-state index in [0.717, 1.165) is 29.9 Å². The molecule has 1 aromatic carbocycles. The first-order valence-corrected chi connectivity index (χ1v) is 8.05. The Morgan fingerprint density at radius 1 is 1.25 bits per heavy atom. The van der Waals surface area contributed by atoms with Crippen molar-refractivity contribution in [3.05, 3.63) is 58.7 Å². The molecule has 0 spiro atoms. The zero-order valence-electron chi connectivity index (χ0n) is 13.7. The van der Waals surface area contributed by atoms with Crippen molar-refractivity contribution in [2.75, 3.05) is 11.4 Å². The molecule has 1 aliphatic heterocycles. The van der Waals surface area contributed by atoms with Gasteiger partial charge in [0.2, 0.25) is 0 Å². The minimum absolute atomic E-state index is 0. The van der Waals surface area contributed by atoms with Gasteiger partial charge in [0.15, 0.2) is 5.82 Å². The molecule has 1 unspecified atom stereocenters. The first kappa shape index (κ1) is 17.5. The van der Waals surface area contributed by atoms with E-state index in [9.17, 15) is 4.39 Å². The van der Waals surface area contributed by atoms with E-state index in [1.807, 2.05) is 12.3 Å². The van der Waals surface area contributed by atoms with E-state index in [1.165, 1.54) is 22.2 Å². The second kappa shape index (κ2) is 6.51. The number of rotatable bonds is 1. The number of benzene rings is 1. The number of H-pyrrole nitrogens is 1. The van der Waals surface area contributed by atoms with Crippen molar-refractivity contribution in [2.24, 2.45) is 0 Å². The molecule has 0 fully saturated rings. The molecule has 0 saturated heterocycles. The number of pyridine rings is 1. The summed E-state index contributed by atoms with van der Waals surface area (Å²) in [6, 6.07) is 7.37. The van der Waals surface area contributed by atoms with Crippen LogP contribution in [0.2, 0.25) is 0 Å². The number of hydrogen-bond acceptors (Lipinski definition) is 2. The van der Waals surface area contributed by atoms with Crippen molar-refractivity contribution >= 4 is 46.3 Å².